The molecule has 0 saturated heterocycles. The maximum absolute atomic E-state index is 13.2. The SMILES string of the molecule is FC=CCCCCCC[C@H]1CC[C@H](CCc2ccc(F)c(F)c2)CC1. The molecule has 0 unspecified atom stereocenters. The van der Waals surface area contributed by atoms with Gasteiger partial charge in [-0.1, -0.05) is 63.5 Å². The molecule has 25 heavy (non-hydrogen) atoms. The summed E-state index contributed by atoms with van der Waals surface area (Å²) in [7, 11) is 0. The van der Waals surface area contributed by atoms with Crippen LogP contribution in [-0.2, 0) is 6.42 Å². The van der Waals surface area contributed by atoms with Crippen LogP contribution in [0.2, 0.25) is 0 Å². The molecule has 1 aliphatic carbocycles. The summed E-state index contributed by atoms with van der Waals surface area (Å²) in [5.41, 5.74) is 0.906. The predicted molar refractivity (Wildman–Crippen MR) is 98.1 cm³/mol. The van der Waals surface area contributed by atoms with Crippen LogP contribution in [0, 0.1) is 23.5 Å². The second kappa shape index (κ2) is 11.4. The summed E-state index contributed by atoms with van der Waals surface area (Å²) in [4.78, 5) is 0. The molecule has 0 N–H and O–H groups in total. The molecule has 1 aliphatic rings. The number of unbranched alkanes of at least 4 members (excludes halogenated alkanes) is 4. The Morgan fingerprint density at radius 2 is 1.52 bits per heavy atom. The average Bonchev–Trinajstić information content (AvgIpc) is 2.63. The molecule has 0 aromatic heterocycles. The zero-order valence-corrected chi connectivity index (χ0v) is 15.2. The number of hydrogen-bond acceptors (Lipinski definition) is 0. The minimum Gasteiger partial charge on any atom is -0.216 e. The van der Waals surface area contributed by atoms with E-state index in [1.807, 2.05) is 0 Å². The molecule has 0 bridgehead atoms. The Morgan fingerprint density at radius 1 is 0.840 bits per heavy atom. The van der Waals surface area contributed by atoms with Crippen LogP contribution in [-0.4, -0.2) is 0 Å². The quantitative estimate of drug-likeness (QED) is 0.382. The molecule has 2 rings (SSSR count). The van der Waals surface area contributed by atoms with E-state index >= 15 is 0 Å². The molecule has 0 nitrogen and oxygen atoms in total. The molecule has 1 fully saturated rings. The minimum absolute atomic E-state index is 0.644. The fourth-order valence-corrected chi connectivity index (χ4v) is 3.99. The summed E-state index contributed by atoms with van der Waals surface area (Å²) >= 11 is 0. The molecule has 0 spiro atoms. The van der Waals surface area contributed by atoms with E-state index in [1.54, 1.807) is 12.1 Å². The highest BCUT2D eigenvalue weighted by Gasteiger charge is 2.20. The van der Waals surface area contributed by atoms with Crippen LogP contribution in [0.15, 0.2) is 30.6 Å². The average molecular weight is 352 g/mol. The van der Waals surface area contributed by atoms with Crippen molar-refractivity contribution >= 4 is 0 Å². The Hall–Kier alpha value is -1.25. The lowest BCUT2D eigenvalue weighted by molar-refractivity contribution is 0.248. The van der Waals surface area contributed by atoms with Crippen molar-refractivity contribution in [1.29, 1.82) is 0 Å². The normalized spacial score (nSPS) is 21.1. The number of halogens is 3. The van der Waals surface area contributed by atoms with Crippen molar-refractivity contribution in [3.8, 4) is 0 Å². The lowest BCUT2D eigenvalue weighted by Crippen LogP contribution is -2.15. The van der Waals surface area contributed by atoms with Gasteiger partial charge in [0.25, 0.3) is 0 Å². The fraction of sp³-hybridized carbons (Fsp3) is 0.636. The van der Waals surface area contributed by atoms with E-state index in [0.717, 1.165) is 43.1 Å². The van der Waals surface area contributed by atoms with Gasteiger partial charge in [0.05, 0.1) is 6.33 Å². The third-order valence-corrected chi connectivity index (χ3v) is 5.61. The van der Waals surface area contributed by atoms with E-state index in [1.165, 1.54) is 63.5 Å². The van der Waals surface area contributed by atoms with Gasteiger partial charge in [-0.25, -0.2) is 13.2 Å². The molecule has 140 valence electrons. The third kappa shape index (κ3) is 7.66. The Balaban J connectivity index is 1.54. The highest BCUT2D eigenvalue weighted by Crippen LogP contribution is 2.34. The van der Waals surface area contributed by atoms with Crippen molar-refractivity contribution in [1.82, 2.24) is 0 Å². The van der Waals surface area contributed by atoms with Gasteiger partial charge in [0.15, 0.2) is 11.6 Å². The van der Waals surface area contributed by atoms with Gasteiger partial charge in [-0.05, 0) is 55.2 Å². The van der Waals surface area contributed by atoms with Crippen LogP contribution in [0.1, 0.15) is 76.2 Å². The Morgan fingerprint density at radius 3 is 2.20 bits per heavy atom. The summed E-state index contributed by atoms with van der Waals surface area (Å²) in [6.45, 7) is 0. The van der Waals surface area contributed by atoms with Crippen LogP contribution in [0.4, 0.5) is 13.2 Å². The van der Waals surface area contributed by atoms with Gasteiger partial charge >= 0.3 is 0 Å². The Bertz CT molecular complexity index is 516. The topological polar surface area (TPSA) is 0 Å². The van der Waals surface area contributed by atoms with E-state index < -0.39 is 11.6 Å². The number of aryl methyl sites for hydroxylation is 1. The van der Waals surface area contributed by atoms with Gasteiger partial charge in [-0.3, -0.25) is 0 Å². The van der Waals surface area contributed by atoms with Crippen molar-refractivity contribution in [2.75, 3.05) is 0 Å². The summed E-state index contributed by atoms with van der Waals surface area (Å²) < 4.78 is 38.0. The van der Waals surface area contributed by atoms with Gasteiger partial charge < -0.3 is 0 Å². The third-order valence-electron chi connectivity index (χ3n) is 5.61. The molecule has 0 heterocycles. The summed E-state index contributed by atoms with van der Waals surface area (Å²) in [6, 6.07) is 4.27. The highest BCUT2D eigenvalue weighted by molar-refractivity contribution is 5.17. The largest absolute Gasteiger partial charge is 0.216 e. The van der Waals surface area contributed by atoms with E-state index in [2.05, 4.69) is 0 Å². The van der Waals surface area contributed by atoms with Crippen LogP contribution in [0.3, 0.4) is 0 Å². The monoisotopic (exact) mass is 352 g/mol. The van der Waals surface area contributed by atoms with E-state index in [-0.39, 0.29) is 0 Å². The van der Waals surface area contributed by atoms with Crippen molar-refractivity contribution in [2.24, 2.45) is 11.8 Å². The first kappa shape index (κ1) is 20.1. The van der Waals surface area contributed by atoms with Gasteiger partial charge in [-0.2, -0.15) is 0 Å². The van der Waals surface area contributed by atoms with Crippen molar-refractivity contribution in [3.63, 3.8) is 0 Å². The fourth-order valence-electron chi connectivity index (χ4n) is 3.99. The highest BCUT2D eigenvalue weighted by atomic mass is 19.2. The summed E-state index contributed by atoms with van der Waals surface area (Å²) in [6.07, 6.45) is 16.4. The van der Waals surface area contributed by atoms with Gasteiger partial charge in [-0.15, -0.1) is 0 Å². The van der Waals surface area contributed by atoms with Crippen molar-refractivity contribution in [3.05, 3.63) is 47.8 Å². The summed E-state index contributed by atoms with van der Waals surface area (Å²) in [5, 5.41) is 0. The first-order chi connectivity index (χ1) is 12.2. The van der Waals surface area contributed by atoms with Gasteiger partial charge in [0.2, 0.25) is 0 Å². The molecule has 0 radical (unpaired) electrons. The smallest absolute Gasteiger partial charge is 0.159 e. The predicted octanol–water partition coefficient (Wildman–Crippen LogP) is 7.53. The van der Waals surface area contributed by atoms with Gasteiger partial charge in [0, 0.05) is 0 Å². The number of allylic oxidation sites excluding steroid dienone is 1. The van der Waals surface area contributed by atoms with Crippen molar-refractivity contribution in [2.45, 2.75) is 77.0 Å². The second-order valence-corrected chi connectivity index (χ2v) is 7.53. The first-order valence-electron chi connectivity index (χ1n) is 9.88. The molecular weight excluding hydrogens is 321 g/mol. The van der Waals surface area contributed by atoms with Crippen LogP contribution >= 0.6 is 0 Å². The minimum atomic E-state index is -0.761. The molecular formula is C22H31F3. The number of hydrogen-bond donors (Lipinski definition) is 0. The molecule has 1 saturated carbocycles. The number of benzene rings is 1. The maximum atomic E-state index is 13.2. The Labute approximate surface area is 150 Å². The van der Waals surface area contributed by atoms with E-state index in [4.69, 9.17) is 0 Å². The molecule has 1 aromatic rings. The standard InChI is InChI=1S/C22H31F3/c23-16-6-4-2-1-3-5-7-18-8-10-19(11-9-18)12-13-20-14-15-21(24)22(25)17-20/h6,14-19H,1-5,7-13H2/t18-,19-. The second-order valence-electron chi connectivity index (χ2n) is 7.53. The molecule has 0 aliphatic heterocycles. The molecule has 0 amide bonds. The first-order valence-corrected chi connectivity index (χ1v) is 9.88. The summed E-state index contributed by atoms with van der Waals surface area (Å²) in [5.74, 6) is 0.104. The van der Waals surface area contributed by atoms with E-state index in [9.17, 15) is 13.2 Å². The van der Waals surface area contributed by atoms with E-state index in [0.29, 0.717) is 6.33 Å². The lowest BCUT2D eigenvalue weighted by atomic mass is 9.77. The number of rotatable bonds is 10. The van der Waals surface area contributed by atoms with Crippen LogP contribution in [0.5, 0.6) is 0 Å². The lowest BCUT2D eigenvalue weighted by Gasteiger charge is -2.28. The van der Waals surface area contributed by atoms with Crippen molar-refractivity contribution < 1.29 is 13.2 Å². The zero-order chi connectivity index (χ0) is 17.9. The van der Waals surface area contributed by atoms with Crippen LogP contribution < -0.4 is 0 Å². The zero-order valence-electron chi connectivity index (χ0n) is 15.2. The molecule has 1 aromatic carbocycles. The van der Waals surface area contributed by atoms with Crippen LogP contribution in [0.25, 0.3) is 0 Å². The molecule has 3 heteroatoms. The van der Waals surface area contributed by atoms with Gasteiger partial charge in [0.1, 0.15) is 0 Å². The maximum Gasteiger partial charge on any atom is 0.159 e. The molecule has 0 atom stereocenters. The Kier molecular flexibility index (Phi) is 9.14.